The van der Waals surface area contributed by atoms with Crippen molar-refractivity contribution in [2.75, 3.05) is 0 Å². The Hall–Kier alpha value is -1.08. The van der Waals surface area contributed by atoms with E-state index in [1.165, 1.54) is 11.1 Å². The van der Waals surface area contributed by atoms with Crippen LogP contribution in [0.25, 0.3) is 6.08 Å². The van der Waals surface area contributed by atoms with Gasteiger partial charge in [0.25, 0.3) is 0 Å². The van der Waals surface area contributed by atoms with Crippen molar-refractivity contribution in [2.45, 2.75) is 26.9 Å². The lowest BCUT2D eigenvalue weighted by Crippen LogP contribution is -2.10. The molecule has 1 aromatic rings. The molecule has 0 heterocycles. The summed E-state index contributed by atoms with van der Waals surface area (Å²) >= 11 is 0. The molecule has 0 spiro atoms. The zero-order valence-corrected chi connectivity index (χ0v) is 9.07. The SMILES string of the molecule is Cc1ccccc1/C=C/C(O)C(C)C. The summed E-state index contributed by atoms with van der Waals surface area (Å²) in [5, 5.41) is 9.59. The first-order valence-corrected chi connectivity index (χ1v) is 5.03. The molecule has 0 fully saturated rings. The van der Waals surface area contributed by atoms with Gasteiger partial charge >= 0.3 is 0 Å². The van der Waals surface area contributed by atoms with E-state index in [1.54, 1.807) is 0 Å². The van der Waals surface area contributed by atoms with Gasteiger partial charge in [0.1, 0.15) is 0 Å². The lowest BCUT2D eigenvalue weighted by Gasteiger charge is -2.08. The maximum atomic E-state index is 9.59. The Bertz CT molecular complexity index is 313. The average molecular weight is 190 g/mol. The van der Waals surface area contributed by atoms with Gasteiger partial charge in [-0.2, -0.15) is 0 Å². The molecule has 1 aromatic carbocycles. The van der Waals surface area contributed by atoms with Gasteiger partial charge in [-0.1, -0.05) is 50.3 Å². The minimum absolute atomic E-state index is 0.273. The lowest BCUT2D eigenvalue weighted by atomic mass is 10.0. The van der Waals surface area contributed by atoms with Gasteiger partial charge in [0, 0.05) is 0 Å². The fraction of sp³-hybridized carbons (Fsp3) is 0.385. The first-order chi connectivity index (χ1) is 6.61. The first kappa shape index (κ1) is 11.0. The summed E-state index contributed by atoms with van der Waals surface area (Å²) in [6.07, 6.45) is 3.49. The van der Waals surface area contributed by atoms with Crippen LogP contribution in [0.2, 0.25) is 0 Å². The molecule has 1 rings (SSSR count). The van der Waals surface area contributed by atoms with Gasteiger partial charge in [-0.05, 0) is 24.0 Å². The molecule has 0 radical (unpaired) electrons. The molecule has 1 unspecified atom stereocenters. The van der Waals surface area contributed by atoms with E-state index in [-0.39, 0.29) is 12.0 Å². The van der Waals surface area contributed by atoms with E-state index in [2.05, 4.69) is 19.1 Å². The minimum Gasteiger partial charge on any atom is -0.389 e. The van der Waals surface area contributed by atoms with Gasteiger partial charge in [0.2, 0.25) is 0 Å². The van der Waals surface area contributed by atoms with E-state index in [4.69, 9.17) is 0 Å². The van der Waals surface area contributed by atoms with Crippen molar-refractivity contribution >= 4 is 6.08 Å². The molecule has 1 N–H and O–H groups in total. The maximum absolute atomic E-state index is 9.59. The molecule has 0 aliphatic rings. The van der Waals surface area contributed by atoms with Gasteiger partial charge in [-0.15, -0.1) is 0 Å². The third-order valence-corrected chi connectivity index (χ3v) is 2.34. The molecule has 0 amide bonds. The van der Waals surface area contributed by atoms with Crippen LogP contribution in [-0.4, -0.2) is 11.2 Å². The first-order valence-electron chi connectivity index (χ1n) is 5.03. The second kappa shape index (κ2) is 4.97. The van der Waals surface area contributed by atoms with Gasteiger partial charge in [-0.25, -0.2) is 0 Å². The van der Waals surface area contributed by atoms with Crippen molar-refractivity contribution < 1.29 is 5.11 Å². The molecule has 0 aromatic heterocycles. The van der Waals surface area contributed by atoms with Crippen molar-refractivity contribution in [3.8, 4) is 0 Å². The molecule has 0 aliphatic carbocycles. The molecule has 0 bridgehead atoms. The normalized spacial score (nSPS) is 13.8. The molecule has 1 heteroatoms. The van der Waals surface area contributed by atoms with Crippen LogP contribution in [0.4, 0.5) is 0 Å². The lowest BCUT2D eigenvalue weighted by molar-refractivity contribution is 0.173. The summed E-state index contributed by atoms with van der Waals surface area (Å²) in [7, 11) is 0. The monoisotopic (exact) mass is 190 g/mol. The van der Waals surface area contributed by atoms with Gasteiger partial charge in [0.05, 0.1) is 6.10 Å². The van der Waals surface area contributed by atoms with Crippen molar-refractivity contribution in [1.29, 1.82) is 0 Å². The maximum Gasteiger partial charge on any atom is 0.0747 e. The predicted octanol–water partition coefficient (Wildman–Crippen LogP) is 3.03. The van der Waals surface area contributed by atoms with E-state index in [0.717, 1.165) is 0 Å². The third kappa shape index (κ3) is 3.00. The van der Waals surface area contributed by atoms with Crippen LogP contribution in [0.1, 0.15) is 25.0 Å². The highest BCUT2D eigenvalue weighted by atomic mass is 16.3. The molecule has 1 atom stereocenters. The van der Waals surface area contributed by atoms with Crippen molar-refractivity contribution in [1.82, 2.24) is 0 Å². The Morgan fingerprint density at radius 3 is 2.43 bits per heavy atom. The van der Waals surface area contributed by atoms with Crippen LogP contribution in [0, 0.1) is 12.8 Å². The quantitative estimate of drug-likeness (QED) is 0.776. The fourth-order valence-electron chi connectivity index (χ4n) is 1.20. The van der Waals surface area contributed by atoms with Crippen LogP contribution in [0.3, 0.4) is 0 Å². The molecule has 0 saturated carbocycles. The van der Waals surface area contributed by atoms with Gasteiger partial charge in [-0.3, -0.25) is 0 Å². The fourth-order valence-corrected chi connectivity index (χ4v) is 1.20. The van der Waals surface area contributed by atoms with Crippen LogP contribution >= 0.6 is 0 Å². The average Bonchev–Trinajstić information content (AvgIpc) is 2.16. The molecule has 1 nitrogen and oxygen atoms in total. The molecule has 0 aliphatic heterocycles. The second-order valence-electron chi connectivity index (χ2n) is 3.95. The predicted molar refractivity (Wildman–Crippen MR) is 61.1 cm³/mol. The molecule has 76 valence electrons. The zero-order valence-electron chi connectivity index (χ0n) is 9.07. The molecule has 0 saturated heterocycles. The van der Waals surface area contributed by atoms with Gasteiger partial charge < -0.3 is 5.11 Å². The summed E-state index contributed by atoms with van der Waals surface area (Å²) in [5.74, 6) is 0.273. The summed E-state index contributed by atoms with van der Waals surface area (Å²) in [6, 6.07) is 8.15. The zero-order chi connectivity index (χ0) is 10.6. The Morgan fingerprint density at radius 1 is 1.21 bits per heavy atom. The summed E-state index contributed by atoms with van der Waals surface area (Å²) in [6.45, 7) is 6.08. The highest BCUT2D eigenvalue weighted by molar-refractivity contribution is 5.53. The van der Waals surface area contributed by atoms with E-state index in [9.17, 15) is 5.11 Å². The minimum atomic E-state index is -0.352. The Morgan fingerprint density at radius 2 is 1.86 bits per heavy atom. The molecular weight excluding hydrogens is 172 g/mol. The number of aliphatic hydroxyl groups is 1. The highest BCUT2D eigenvalue weighted by Gasteiger charge is 2.03. The summed E-state index contributed by atoms with van der Waals surface area (Å²) in [5.41, 5.74) is 2.41. The number of aliphatic hydroxyl groups excluding tert-OH is 1. The number of benzene rings is 1. The van der Waals surface area contributed by atoms with Crippen LogP contribution < -0.4 is 0 Å². The van der Waals surface area contributed by atoms with Crippen molar-refractivity contribution in [3.05, 3.63) is 41.5 Å². The highest BCUT2D eigenvalue weighted by Crippen LogP contribution is 2.11. The second-order valence-corrected chi connectivity index (χ2v) is 3.95. The van der Waals surface area contributed by atoms with Crippen molar-refractivity contribution in [2.24, 2.45) is 5.92 Å². The number of rotatable bonds is 3. The number of hydrogen-bond acceptors (Lipinski definition) is 1. The third-order valence-electron chi connectivity index (χ3n) is 2.34. The van der Waals surface area contributed by atoms with Crippen LogP contribution in [0.5, 0.6) is 0 Å². The van der Waals surface area contributed by atoms with Crippen LogP contribution in [-0.2, 0) is 0 Å². The summed E-state index contributed by atoms with van der Waals surface area (Å²) < 4.78 is 0. The standard InChI is InChI=1S/C13H18O/c1-10(2)13(14)9-8-12-7-5-4-6-11(12)3/h4-10,13-14H,1-3H3/b9-8+. The van der Waals surface area contributed by atoms with Crippen molar-refractivity contribution in [3.63, 3.8) is 0 Å². The van der Waals surface area contributed by atoms with Gasteiger partial charge in [0.15, 0.2) is 0 Å². The van der Waals surface area contributed by atoms with E-state index >= 15 is 0 Å². The summed E-state index contributed by atoms with van der Waals surface area (Å²) in [4.78, 5) is 0. The Labute approximate surface area is 86.1 Å². The van der Waals surface area contributed by atoms with Crippen LogP contribution in [0.15, 0.2) is 30.3 Å². The molecule has 14 heavy (non-hydrogen) atoms. The van der Waals surface area contributed by atoms with E-state index < -0.39 is 0 Å². The number of aryl methyl sites for hydroxylation is 1. The van der Waals surface area contributed by atoms with E-state index in [0.29, 0.717) is 0 Å². The Kier molecular flexibility index (Phi) is 3.90. The molecular formula is C13H18O. The smallest absolute Gasteiger partial charge is 0.0747 e. The van der Waals surface area contributed by atoms with E-state index in [1.807, 2.05) is 38.1 Å². The largest absolute Gasteiger partial charge is 0.389 e. The Balaban J connectivity index is 2.74. The topological polar surface area (TPSA) is 20.2 Å². The number of hydrogen-bond donors (Lipinski definition) is 1.